The number of hydrogen-bond acceptors (Lipinski definition) is 5. The van der Waals surface area contributed by atoms with Gasteiger partial charge in [-0.25, -0.2) is 4.98 Å². The molecule has 0 bridgehead atoms. The van der Waals surface area contributed by atoms with Gasteiger partial charge in [0.05, 0.1) is 0 Å². The first kappa shape index (κ1) is 20.4. The van der Waals surface area contributed by atoms with Crippen LogP contribution < -0.4 is 14.7 Å². The summed E-state index contributed by atoms with van der Waals surface area (Å²) in [6.45, 7) is 13.1. The molecule has 2 saturated heterocycles. The molecule has 164 valence electrons. The standard InChI is InChI=1S/C26H35N5/c1-21-7-3-4-10-24(21)29-16-18-30(19-17-29)25-12-11-23-9-6-14-31(26(23)27-25)20-15-28-13-5-8-22(28)2/h3-4,6-7,9-12,22H,5,8,13-20H2,1-2H3/t22-/m1/s1. The fraction of sp³-hybridized carbons (Fsp3) is 0.500. The fourth-order valence-electron chi connectivity index (χ4n) is 5.27. The first-order valence-corrected chi connectivity index (χ1v) is 11.9. The van der Waals surface area contributed by atoms with Crippen molar-refractivity contribution in [1.29, 1.82) is 0 Å². The molecule has 0 spiro atoms. The Labute approximate surface area is 187 Å². The average Bonchev–Trinajstić information content (AvgIpc) is 3.22. The summed E-state index contributed by atoms with van der Waals surface area (Å²) >= 11 is 0. The van der Waals surface area contributed by atoms with Crippen molar-refractivity contribution in [3.63, 3.8) is 0 Å². The van der Waals surface area contributed by atoms with Crippen LogP contribution >= 0.6 is 0 Å². The molecule has 0 N–H and O–H groups in total. The Bertz CT molecular complexity index is 931. The van der Waals surface area contributed by atoms with Crippen LogP contribution in [0.15, 0.2) is 42.5 Å². The highest BCUT2D eigenvalue weighted by Gasteiger charge is 2.24. The van der Waals surface area contributed by atoms with Crippen LogP contribution in [0.3, 0.4) is 0 Å². The lowest BCUT2D eigenvalue weighted by atomic mass is 10.1. The number of nitrogens with zero attached hydrogens (tertiary/aromatic N) is 5. The molecule has 0 unspecified atom stereocenters. The number of pyridine rings is 1. The Morgan fingerprint density at radius 1 is 0.935 bits per heavy atom. The van der Waals surface area contributed by atoms with E-state index < -0.39 is 0 Å². The Kier molecular flexibility index (Phi) is 5.86. The monoisotopic (exact) mass is 417 g/mol. The number of hydrogen-bond donors (Lipinski definition) is 0. The second kappa shape index (κ2) is 8.91. The Morgan fingerprint density at radius 3 is 2.52 bits per heavy atom. The number of benzene rings is 1. The molecule has 0 radical (unpaired) electrons. The Balaban J connectivity index is 1.26. The summed E-state index contributed by atoms with van der Waals surface area (Å²) in [5, 5.41) is 0. The van der Waals surface area contributed by atoms with Crippen molar-refractivity contribution >= 4 is 23.4 Å². The highest BCUT2D eigenvalue weighted by atomic mass is 15.3. The van der Waals surface area contributed by atoms with E-state index in [2.05, 4.69) is 82.0 Å². The van der Waals surface area contributed by atoms with E-state index in [-0.39, 0.29) is 0 Å². The lowest BCUT2D eigenvalue weighted by Gasteiger charge is -2.38. The lowest BCUT2D eigenvalue weighted by Crippen LogP contribution is -2.47. The number of fused-ring (bicyclic) bond motifs is 1. The van der Waals surface area contributed by atoms with E-state index in [1.807, 2.05) is 0 Å². The molecule has 1 aromatic carbocycles. The molecule has 0 aliphatic carbocycles. The molecule has 5 heteroatoms. The number of piperazine rings is 1. The molecule has 0 amide bonds. The van der Waals surface area contributed by atoms with Gasteiger partial charge in [0.25, 0.3) is 0 Å². The van der Waals surface area contributed by atoms with Gasteiger partial charge in [0.2, 0.25) is 0 Å². The summed E-state index contributed by atoms with van der Waals surface area (Å²) in [6, 6.07) is 13.9. The van der Waals surface area contributed by atoms with Crippen LogP contribution in [0, 0.1) is 6.92 Å². The highest BCUT2D eigenvalue weighted by molar-refractivity contribution is 5.70. The zero-order valence-electron chi connectivity index (χ0n) is 19.0. The minimum absolute atomic E-state index is 0.726. The summed E-state index contributed by atoms with van der Waals surface area (Å²) in [7, 11) is 0. The third-order valence-electron chi connectivity index (χ3n) is 7.22. The first-order chi connectivity index (χ1) is 15.2. The van der Waals surface area contributed by atoms with Gasteiger partial charge in [0.15, 0.2) is 0 Å². The van der Waals surface area contributed by atoms with Crippen LogP contribution in [0.2, 0.25) is 0 Å². The van der Waals surface area contributed by atoms with Crippen molar-refractivity contribution in [1.82, 2.24) is 9.88 Å². The number of likely N-dealkylation sites (tertiary alicyclic amines) is 1. The summed E-state index contributed by atoms with van der Waals surface area (Å²) in [5.74, 6) is 2.28. The largest absolute Gasteiger partial charge is 0.368 e. The van der Waals surface area contributed by atoms with Crippen LogP contribution in [0.5, 0.6) is 0 Å². The molecular weight excluding hydrogens is 382 g/mol. The number of anilines is 3. The molecule has 1 aromatic heterocycles. The van der Waals surface area contributed by atoms with Crippen LogP contribution in [-0.4, -0.2) is 68.3 Å². The molecule has 3 aliphatic rings. The van der Waals surface area contributed by atoms with Crippen LogP contribution in [-0.2, 0) is 0 Å². The number of aromatic nitrogens is 1. The van der Waals surface area contributed by atoms with Gasteiger partial charge in [-0.15, -0.1) is 0 Å². The van der Waals surface area contributed by atoms with Gasteiger partial charge in [0.1, 0.15) is 11.6 Å². The molecule has 2 aromatic rings. The van der Waals surface area contributed by atoms with Gasteiger partial charge in [-0.05, 0) is 57.0 Å². The second-order valence-electron chi connectivity index (χ2n) is 9.22. The predicted octanol–water partition coefficient (Wildman–Crippen LogP) is 4.03. The summed E-state index contributed by atoms with van der Waals surface area (Å²) in [4.78, 5) is 15.2. The first-order valence-electron chi connectivity index (χ1n) is 11.9. The maximum atomic E-state index is 5.16. The van der Waals surface area contributed by atoms with E-state index in [0.29, 0.717) is 0 Å². The molecule has 5 nitrogen and oxygen atoms in total. The summed E-state index contributed by atoms with van der Waals surface area (Å²) in [5.41, 5.74) is 3.98. The molecule has 0 saturated carbocycles. The van der Waals surface area contributed by atoms with E-state index in [0.717, 1.165) is 63.5 Å². The van der Waals surface area contributed by atoms with Crippen molar-refractivity contribution in [3.8, 4) is 0 Å². The van der Waals surface area contributed by atoms with Crippen molar-refractivity contribution in [3.05, 3.63) is 53.6 Å². The minimum atomic E-state index is 0.726. The Hall–Kier alpha value is -2.53. The smallest absolute Gasteiger partial charge is 0.138 e. The lowest BCUT2D eigenvalue weighted by molar-refractivity contribution is 0.274. The van der Waals surface area contributed by atoms with Crippen molar-refractivity contribution in [2.75, 3.05) is 67.1 Å². The molecule has 1 atom stereocenters. The van der Waals surface area contributed by atoms with Gasteiger partial charge in [-0.3, -0.25) is 4.90 Å². The molecule has 31 heavy (non-hydrogen) atoms. The van der Waals surface area contributed by atoms with E-state index in [9.17, 15) is 0 Å². The second-order valence-corrected chi connectivity index (χ2v) is 9.22. The predicted molar refractivity (Wildman–Crippen MR) is 131 cm³/mol. The molecule has 4 heterocycles. The average molecular weight is 418 g/mol. The fourth-order valence-corrected chi connectivity index (χ4v) is 5.27. The van der Waals surface area contributed by atoms with Gasteiger partial charge < -0.3 is 14.7 Å². The molecule has 2 fully saturated rings. The third kappa shape index (κ3) is 4.29. The third-order valence-corrected chi connectivity index (χ3v) is 7.22. The van der Waals surface area contributed by atoms with Crippen LogP contribution in [0.4, 0.5) is 17.3 Å². The van der Waals surface area contributed by atoms with Crippen LogP contribution in [0.25, 0.3) is 6.08 Å². The van der Waals surface area contributed by atoms with Crippen molar-refractivity contribution in [2.24, 2.45) is 0 Å². The maximum absolute atomic E-state index is 5.16. The summed E-state index contributed by atoms with van der Waals surface area (Å²) < 4.78 is 0. The SMILES string of the molecule is Cc1ccccc1N1CCN(c2ccc3c(n2)N(CCN2CCC[C@H]2C)CC=C3)CC1. The summed E-state index contributed by atoms with van der Waals surface area (Å²) in [6.07, 6.45) is 7.19. The highest BCUT2D eigenvalue weighted by Crippen LogP contribution is 2.29. The minimum Gasteiger partial charge on any atom is -0.368 e. The van der Waals surface area contributed by atoms with Crippen molar-refractivity contribution < 1.29 is 0 Å². The van der Waals surface area contributed by atoms with Gasteiger partial charge in [0, 0.05) is 63.1 Å². The van der Waals surface area contributed by atoms with E-state index in [1.54, 1.807) is 0 Å². The number of para-hydroxylation sites is 1. The van der Waals surface area contributed by atoms with Gasteiger partial charge in [-0.1, -0.05) is 30.4 Å². The van der Waals surface area contributed by atoms with E-state index in [4.69, 9.17) is 4.98 Å². The molecule has 3 aliphatic heterocycles. The zero-order valence-corrected chi connectivity index (χ0v) is 19.0. The van der Waals surface area contributed by atoms with Crippen LogP contribution in [0.1, 0.15) is 30.9 Å². The topological polar surface area (TPSA) is 25.9 Å². The maximum Gasteiger partial charge on any atom is 0.138 e. The molecular formula is C26H35N5. The number of aryl methyl sites for hydroxylation is 1. The zero-order chi connectivity index (χ0) is 21.2. The molecule has 5 rings (SSSR count). The van der Waals surface area contributed by atoms with Gasteiger partial charge >= 0.3 is 0 Å². The van der Waals surface area contributed by atoms with E-state index >= 15 is 0 Å². The van der Waals surface area contributed by atoms with Crippen molar-refractivity contribution in [2.45, 2.75) is 32.7 Å². The quantitative estimate of drug-likeness (QED) is 0.732. The van der Waals surface area contributed by atoms with E-state index in [1.165, 1.54) is 36.2 Å². The Morgan fingerprint density at radius 2 is 1.74 bits per heavy atom. The normalized spacial score (nSPS) is 21.6. The van der Waals surface area contributed by atoms with Gasteiger partial charge in [-0.2, -0.15) is 0 Å². The number of rotatable bonds is 5.